The zero-order chi connectivity index (χ0) is 19.8. The van der Waals surface area contributed by atoms with Crippen molar-refractivity contribution in [2.75, 3.05) is 31.1 Å². The fourth-order valence-corrected chi connectivity index (χ4v) is 4.29. The van der Waals surface area contributed by atoms with Gasteiger partial charge in [-0.2, -0.15) is 4.68 Å². The van der Waals surface area contributed by atoms with Gasteiger partial charge in [0.2, 0.25) is 5.91 Å². The minimum Gasteiger partial charge on any atom is -0.351 e. The normalized spacial score (nSPS) is 18.0. The van der Waals surface area contributed by atoms with Crippen LogP contribution in [0.4, 0.5) is 10.2 Å². The maximum Gasteiger partial charge on any atom is 0.225 e. The van der Waals surface area contributed by atoms with Gasteiger partial charge in [0.25, 0.3) is 0 Å². The molecule has 1 saturated carbocycles. The maximum atomic E-state index is 13.2. The topological polar surface area (TPSA) is 80.0 Å². The van der Waals surface area contributed by atoms with Crippen LogP contribution in [-0.4, -0.2) is 61.9 Å². The van der Waals surface area contributed by atoms with Gasteiger partial charge in [0.1, 0.15) is 12.1 Å². The van der Waals surface area contributed by atoms with E-state index in [1.807, 2.05) is 4.90 Å². The summed E-state index contributed by atoms with van der Waals surface area (Å²) in [4.78, 5) is 25.6. The number of anilines is 1. The Hall–Kier alpha value is -3.10. The molecule has 5 rings (SSSR count). The van der Waals surface area contributed by atoms with Crippen LogP contribution in [-0.2, 0) is 4.79 Å². The van der Waals surface area contributed by atoms with Gasteiger partial charge in [-0.05, 0) is 37.1 Å². The number of hydrogen-bond donors (Lipinski definition) is 0. The van der Waals surface area contributed by atoms with Gasteiger partial charge in [-0.25, -0.2) is 14.4 Å². The second-order valence-corrected chi connectivity index (χ2v) is 7.64. The fraction of sp³-hybridized carbons (Fsp3) is 0.450. The van der Waals surface area contributed by atoms with Crippen molar-refractivity contribution < 1.29 is 9.18 Å². The van der Waals surface area contributed by atoms with Gasteiger partial charge >= 0.3 is 0 Å². The molecule has 29 heavy (non-hydrogen) atoms. The van der Waals surface area contributed by atoms with Gasteiger partial charge in [0.05, 0.1) is 5.69 Å². The highest BCUT2D eigenvalue weighted by Crippen LogP contribution is 2.28. The first-order valence-electron chi connectivity index (χ1n) is 10.1. The summed E-state index contributed by atoms with van der Waals surface area (Å²) in [6, 6.07) is 6.04. The van der Waals surface area contributed by atoms with Crippen molar-refractivity contribution in [3.05, 3.63) is 36.4 Å². The maximum absolute atomic E-state index is 13.2. The Morgan fingerprint density at radius 2 is 1.72 bits per heavy atom. The predicted molar refractivity (Wildman–Crippen MR) is 105 cm³/mol. The van der Waals surface area contributed by atoms with E-state index in [4.69, 9.17) is 0 Å². The molecule has 8 nitrogen and oxygen atoms in total. The molecule has 150 valence electrons. The third-order valence-corrected chi connectivity index (χ3v) is 5.88. The number of piperazine rings is 1. The number of amides is 1. The molecule has 1 amide bonds. The highest BCUT2D eigenvalue weighted by atomic mass is 19.1. The lowest BCUT2D eigenvalue weighted by atomic mass is 10.1. The highest BCUT2D eigenvalue weighted by molar-refractivity contribution is 5.84. The van der Waals surface area contributed by atoms with Crippen LogP contribution in [0.25, 0.3) is 16.9 Å². The van der Waals surface area contributed by atoms with Gasteiger partial charge in [-0.15, -0.1) is 5.10 Å². The van der Waals surface area contributed by atoms with Crippen LogP contribution in [0.15, 0.2) is 30.6 Å². The zero-order valence-electron chi connectivity index (χ0n) is 16.0. The largest absolute Gasteiger partial charge is 0.351 e. The number of aromatic nitrogens is 5. The van der Waals surface area contributed by atoms with Crippen LogP contribution in [0.2, 0.25) is 0 Å². The third-order valence-electron chi connectivity index (χ3n) is 5.88. The molecule has 1 aliphatic heterocycles. The van der Waals surface area contributed by atoms with Crippen LogP contribution in [0.5, 0.6) is 0 Å². The molecule has 2 aliphatic rings. The zero-order valence-corrected chi connectivity index (χ0v) is 16.0. The number of rotatable bonds is 3. The monoisotopic (exact) mass is 395 g/mol. The Bertz CT molecular complexity index is 1020. The average molecular weight is 395 g/mol. The average Bonchev–Trinajstić information content (AvgIpc) is 3.44. The second kappa shape index (κ2) is 7.38. The summed E-state index contributed by atoms with van der Waals surface area (Å²) in [5.41, 5.74) is 1.86. The molecule has 3 heterocycles. The Morgan fingerprint density at radius 1 is 1.00 bits per heavy atom. The van der Waals surface area contributed by atoms with E-state index < -0.39 is 0 Å². The van der Waals surface area contributed by atoms with E-state index in [0.717, 1.165) is 18.7 Å². The minimum atomic E-state index is -0.307. The van der Waals surface area contributed by atoms with E-state index in [2.05, 4.69) is 25.2 Å². The van der Waals surface area contributed by atoms with E-state index in [1.54, 1.807) is 16.8 Å². The van der Waals surface area contributed by atoms with Crippen molar-refractivity contribution in [3.63, 3.8) is 0 Å². The molecule has 0 atom stereocenters. The van der Waals surface area contributed by atoms with E-state index in [0.29, 0.717) is 48.9 Å². The van der Waals surface area contributed by atoms with E-state index >= 15 is 0 Å². The first-order chi connectivity index (χ1) is 14.2. The molecular formula is C20H22FN7O. The van der Waals surface area contributed by atoms with Crippen molar-refractivity contribution in [3.8, 4) is 5.69 Å². The Morgan fingerprint density at radius 3 is 2.45 bits per heavy atom. The fourth-order valence-electron chi connectivity index (χ4n) is 4.29. The van der Waals surface area contributed by atoms with Crippen molar-refractivity contribution >= 4 is 22.9 Å². The summed E-state index contributed by atoms with van der Waals surface area (Å²) in [5, 5.41) is 8.48. The smallest absolute Gasteiger partial charge is 0.225 e. The van der Waals surface area contributed by atoms with Crippen LogP contribution in [0.1, 0.15) is 25.7 Å². The number of carbonyl (C=O) groups is 1. The van der Waals surface area contributed by atoms with E-state index in [-0.39, 0.29) is 11.7 Å². The Kier molecular flexibility index (Phi) is 4.57. The Labute approximate surface area is 167 Å². The molecule has 0 radical (unpaired) electrons. The number of halogens is 1. The molecule has 0 bridgehead atoms. The molecule has 1 saturated heterocycles. The molecule has 1 aliphatic carbocycles. The van der Waals surface area contributed by atoms with Crippen molar-refractivity contribution in [2.24, 2.45) is 5.92 Å². The SMILES string of the molecule is O=C(C1CCCC1)N1CCN(c2ncnc3c2nnn3-c2ccc(F)cc2)CC1. The molecule has 0 spiro atoms. The quantitative estimate of drug-likeness (QED) is 0.676. The summed E-state index contributed by atoms with van der Waals surface area (Å²) in [6.07, 6.45) is 5.88. The summed E-state index contributed by atoms with van der Waals surface area (Å²) in [5.74, 6) is 0.926. The molecule has 2 aromatic heterocycles. The summed E-state index contributed by atoms with van der Waals surface area (Å²) < 4.78 is 14.8. The first-order valence-corrected chi connectivity index (χ1v) is 10.1. The van der Waals surface area contributed by atoms with Crippen molar-refractivity contribution in [1.29, 1.82) is 0 Å². The molecular weight excluding hydrogens is 373 g/mol. The molecule has 1 aromatic carbocycles. The molecule has 0 N–H and O–H groups in total. The van der Waals surface area contributed by atoms with Crippen LogP contribution >= 0.6 is 0 Å². The number of hydrogen-bond acceptors (Lipinski definition) is 6. The lowest BCUT2D eigenvalue weighted by Gasteiger charge is -2.36. The lowest BCUT2D eigenvalue weighted by Crippen LogP contribution is -2.50. The third kappa shape index (κ3) is 3.30. The number of carbonyl (C=O) groups excluding carboxylic acids is 1. The molecule has 3 aromatic rings. The molecule has 2 fully saturated rings. The first kappa shape index (κ1) is 18.0. The summed E-state index contributed by atoms with van der Waals surface area (Å²) >= 11 is 0. The van der Waals surface area contributed by atoms with Gasteiger partial charge in [0, 0.05) is 32.1 Å². The number of nitrogens with zero attached hydrogens (tertiary/aromatic N) is 7. The summed E-state index contributed by atoms with van der Waals surface area (Å²) in [7, 11) is 0. The Balaban J connectivity index is 1.36. The summed E-state index contributed by atoms with van der Waals surface area (Å²) in [6.45, 7) is 2.78. The highest BCUT2D eigenvalue weighted by Gasteiger charge is 2.30. The van der Waals surface area contributed by atoms with Crippen LogP contribution in [0.3, 0.4) is 0 Å². The standard InChI is InChI=1S/C20H22FN7O/c21-15-5-7-16(8-6-15)28-19-17(24-25-28)18(22-13-23-19)26-9-11-27(12-10-26)20(29)14-3-1-2-4-14/h5-8,13-14H,1-4,9-12H2. The van der Waals surface area contributed by atoms with Gasteiger partial charge in [0.15, 0.2) is 17.0 Å². The van der Waals surface area contributed by atoms with Gasteiger partial charge < -0.3 is 9.80 Å². The van der Waals surface area contributed by atoms with Crippen molar-refractivity contribution in [1.82, 2.24) is 29.9 Å². The lowest BCUT2D eigenvalue weighted by molar-refractivity contribution is -0.135. The number of fused-ring (bicyclic) bond motifs is 1. The van der Waals surface area contributed by atoms with Gasteiger partial charge in [-0.3, -0.25) is 4.79 Å². The number of benzene rings is 1. The minimum absolute atomic E-state index is 0.211. The van der Waals surface area contributed by atoms with E-state index in [1.165, 1.54) is 31.3 Å². The van der Waals surface area contributed by atoms with Crippen molar-refractivity contribution in [2.45, 2.75) is 25.7 Å². The molecule has 0 unspecified atom stereocenters. The second-order valence-electron chi connectivity index (χ2n) is 7.64. The molecule has 9 heteroatoms. The predicted octanol–water partition coefficient (Wildman–Crippen LogP) is 2.19. The van der Waals surface area contributed by atoms with Gasteiger partial charge in [-0.1, -0.05) is 18.1 Å². The van der Waals surface area contributed by atoms with E-state index in [9.17, 15) is 9.18 Å². The van der Waals surface area contributed by atoms with Crippen LogP contribution < -0.4 is 4.90 Å². The van der Waals surface area contributed by atoms with Crippen LogP contribution in [0, 0.1) is 11.7 Å².